The number of nitrogens with two attached hydrogens (primary N) is 1. The van der Waals surface area contributed by atoms with E-state index in [9.17, 15) is 19.7 Å². The number of methoxy groups -OCH3 is 1. The van der Waals surface area contributed by atoms with E-state index < -0.39 is 4.92 Å². The van der Waals surface area contributed by atoms with E-state index in [1.807, 2.05) is 6.92 Å². The topological polar surface area (TPSA) is 134 Å². The van der Waals surface area contributed by atoms with Crippen LogP contribution in [0.1, 0.15) is 25.3 Å². The van der Waals surface area contributed by atoms with Crippen molar-refractivity contribution in [3.63, 3.8) is 0 Å². The Bertz CT molecular complexity index is 687. The number of hydrogen-bond acceptors (Lipinski definition) is 9. The van der Waals surface area contributed by atoms with Crippen molar-refractivity contribution >= 4 is 39.6 Å². The van der Waals surface area contributed by atoms with Gasteiger partial charge in [-0.2, -0.15) is 0 Å². The van der Waals surface area contributed by atoms with Gasteiger partial charge in [0.2, 0.25) is 10.4 Å². The molecule has 28 heavy (non-hydrogen) atoms. The third-order valence-electron chi connectivity index (χ3n) is 3.44. The van der Waals surface area contributed by atoms with Gasteiger partial charge < -0.3 is 20.5 Å². The number of hydrogen-bond donors (Lipinski definition) is 2. The number of carbonyl (C=O) groups excluding carboxylic acids is 2. The van der Waals surface area contributed by atoms with E-state index >= 15 is 0 Å². The van der Waals surface area contributed by atoms with Crippen LogP contribution in [0.15, 0.2) is 12.1 Å². The Kier molecular flexibility index (Phi) is 11.4. The summed E-state index contributed by atoms with van der Waals surface area (Å²) in [6, 6.07) is 2.80. The summed E-state index contributed by atoms with van der Waals surface area (Å²) in [5.41, 5.74) is 5.55. The van der Waals surface area contributed by atoms with Crippen molar-refractivity contribution in [1.29, 1.82) is 0 Å². The van der Waals surface area contributed by atoms with Gasteiger partial charge in [-0.05, 0) is 18.2 Å². The van der Waals surface area contributed by atoms with Crippen LogP contribution in [0.2, 0.25) is 0 Å². The molecule has 1 rings (SSSR count). The van der Waals surface area contributed by atoms with Crippen LogP contribution in [0.3, 0.4) is 0 Å². The summed E-state index contributed by atoms with van der Waals surface area (Å²) in [5, 5.41) is 14.1. The number of thioether (sulfide) groups is 2. The number of ether oxygens (including phenoxy) is 2. The summed E-state index contributed by atoms with van der Waals surface area (Å²) in [4.78, 5) is 34.1. The van der Waals surface area contributed by atoms with Crippen molar-refractivity contribution in [3.05, 3.63) is 27.8 Å². The molecule has 0 atom stereocenters. The van der Waals surface area contributed by atoms with Crippen LogP contribution in [-0.4, -0.2) is 47.8 Å². The fourth-order valence-electron chi connectivity index (χ4n) is 2.16. The number of carbonyl (C=O) groups is 2. The monoisotopic (exact) mass is 431 g/mol. The van der Waals surface area contributed by atoms with Gasteiger partial charge >= 0.3 is 0 Å². The maximum absolute atomic E-state index is 11.7. The smallest absolute Gasteiger partial charge is 0.277 e. The molecule has 0 aliphatic rings. The molecule has 0 saturated heterocycles. The van der Waals surface area contributed by atoms with Gasteiger partial charge in [-0.1, -0.05) is 30.4 Å². The van der Waals surface area contributed by atoms with Crippen LogP contribution in [0.5, 0.6) is 11.5 Å². The van der Waals surface area contributed by atoms with Gasteiger partial charge in [0.1, 0.15) is 0 Å². The molecule has 0 aliphatic carbocycles. The second-order valence-corrected chi connectivity index (χ2v) is 7.89. The second kappa shape index (κ2) is 13.2. The molecule has 1 amide bonds. The number of nitrogens with zero attached hydrogens (tertiary/aromatic N) is 1. The number of nitro groups is 1. The number of benzene rings is 1. The van der Waals surface area contributed by atoms with Crippen LogP contribution >= 0.6 is 23.5 Å². The van der Waals surface area contributed by atoms with E-state index in [1.165, 1.54) is 19.2 Å². The van der Waals surface area contributed by atoms with E-state index in [2.05, 4.69) is 5.32 Å². The van der Waals surface area contributed by atoms with Gasteiger partial charge in [0, 0.05) is 30.8 Å². The van der Waals surface area contributed by atoms with Crippen LogP contribution in [0.25, 0.3) is 0 Å². The fraction of sp³-hybridized carbons (Fsp3) is 0.529. The molecule has 0 fully saturated rings. The highest BCUT2D eigenvalue weighted by Crippen LogP contribution is 2.37. The van der Waals surface area contributed by atoms with E-state index in [0.717, 1.165) is 23.5 Å². The summed E-state index contributed by atoms with van der Waals surface area (Å²) in [6.45, 7) is 2.85. The van der Waals surface area contributed by atoms with Crippen LogP contribution in [0.4, 0.5) is 10.5 Å². The van der Waals surface area contributed by atoms with Crippen molar-refractivity contribution in [2.24, 2.45) is 5.73 Å². The van der Waals surface area contributed by atoms with Crippen LogP contribution in [0, 0.1) is 10.1 Å². The molecule has 0 aliphatic heterocycles. The largest absolute Gasteiger partial charge is 0.493 e. The minimum atomic E-state index is -0.514. The lowest BCUT2D eigenvalue weighted by atomic mass is 10.2. The standard InChI is InChI=1S/C17H25N3O6S2/c1-3-27-17(22)28-11-12-9-14(25-2)15(10-13(12)20(23)24)26-8-4-5-16(21)19-7-6-18/h9-10H,3-8,11,18H2,1-2H3,(H,19,21). The molecule has 3 N–H and O–H groups in total. The number of rotatable bonds is 12. The van der Waals surface area contributed by atoms with Gasteiger partial charge in [-0.3, -0.25) is 19.7 Å². The van der Waals surface area contributed by atoms with Crippen molar-refractivity contribution in [2.75, 3.05) is 32.6 Å². The Morgan fingerprint density at radius 2 is 2.04 bits per heavy atom. The minimum absolute atomic E-state index is 0.0935. The Hall–Kier alpha value is -1.98. The van der Waals surface area contributed by atoms with Crippen molar-refractivity contribution in [1.82, 2.24) is 5.32 Å². The molecule has 1 aromatic rings. The molecule has 156 valence electrons. The zero-order chi connectivity index (χ0) is 20.9. The molecule has 0 heterocycles. The molecule has 0 saturated carbocycles. The Morgan fingerprint density at radius 1 is 1.29 bits per heavy atom. The molecule has 0 bridgehead atoms. The highest BCUT2D eigenvalue weighted by Gasteiger charge is 2.21. The van der Waals surface area contributed by atoms with Crippen molar-refractivity contribution in [3.8, 4) is 11.5 Å². The first-order valence-corrected chi connectivity index (χ1v) is 10.6. The lowest BCUT2D eigenvalue weighted by molar-refractivity contribution is -0.385. The normalized spacial score (nSPS) is 10.4. The highest BCUT2D eigenvalue weighted by atomic mass is 32.2. The molecule has 9 nitrogen and oxygen atoms in total. The van der Waals surface area contributed by atoms with Crippen molar-refractivity contribution in [2.45, 2.75) is 25.5 Å². The summed E-state index contributed by atoms with van der Waals surface area (Å²) in [6.07, 6.45) is 0.698. The van der Waals surface area contributed by atoms with Crippen molar-refractivity contribution < 1.29 is 24.0 Å². The van der Waals surface area contributed by atoms with Gasteiger partial charge in [0.25, 0.3) is 5.69 Å². The first-order chi connectivity index (χ1) is 13.4. The lowest BCUT2D eigenvalue weighted by Crippen LogP contribution is -2.29. The zero-order valence-corrected chi connectivity index (χ0v) is 17.5. The molecule has 0 aromatic heterocycles. The number of nitro benzene ring substituents is 1. The molecule has 0 unspecified atom stereocenters. The lowest BCUT2D eigenvalue weighted by Gasteiger charge is -2.13. The molecule has 0 spiro atoms. The average Bonchev–Trinajstić information content (AvgIpc) is 2.67. The van der Waals surface area contributed by atoms with E-state index in [4.69, 9.17) is 15.2 Å². The first-order valence-electron chi connectivity index (χ1n) is 8.67. The zero-order valence-electron chi connectivity index (χ0n) is 15.9. The Labute approximate surface area is 172 Å². The SMILES string of the molecule is CCSC(=O)SCc1cc(OC)c(OCCCC(=O)NCCN)cc1[N+](=O)[O-]. The maximum Gasteiger partial charge on any atom is 0.277 e. The maximum atomic E-state index is 11.7. The molecular weight excluding hydrogens is 406 g/mol. The Balaban J connectivity index is 2.78. The fourth-order valence-corrected chi connectivity index (χ4v) is 3.76. The minimum Gasteiger partial charge on any atom is -0.493 e. The number of amides is 1. The van der Waals surface area contributed by atoms with E-state index in [-0.39, 0.29) is 40.6 Å². The van der Waals surface area contributed by atoms with Gasteiger partial charge in [0.05, 0.1) is 24.7 Å². The summed E-state index contributed by atoms with van der Waals surface area (Å²) < 4.78 is 10.8. The average molecular weight is 432 g/mol. The van der Waals surface area contributed by atoms with E-state index in [1.54, 1.807) is 0 Å². The Morgan fingerprint density at radius 3 is 2.64 bits per heavy atom. The molecule has 0 radical (unpaired) electrons. The quantitative estimate of drug-likeness (QED) is 0.291. The van der Waals surface area contributed by atoms with Crippen LogP contribution in [-0.2, 0) is 10.5 Å². The second-order valence-electron chi connectivity index (χ2n) is 5.45. The molecule has 11 heteroatoms. The summed E-state index contributed by atoms with van der Waals surface area (Å²) in [5.74, 6) is 1.24. The highest BCUT2D eigenvalue weighted by molar-refractivity contribution is 8.38. The van der Waals surface area contributed by atoms with Gasteiger partial charge in [-0.25, -0.2) is 0 Å². The summed E-state index contributed by atoms with van der Waals surface area (Å²) in [7, 11) is 1.43. The summed E-state index contributed by atoms with van der Waals surface area (Å²) >= 11 is 2.17. The van der Waals surface area contributed by atoms with E-state index in [0.29, 0.717) is 36.6 Å². The third-order valence-corrected chi connectivity index (χ3v) is 5.36. The van der Waals surface area contributed by atoms with Crippen LogP contribution < -0.4 is 20.5 Å². The predicted octanol–water partition coefficient (Wildman–Crippen LogP) is 2.94. The predicted molar refractivity (Wildman–Crippen MR) is 111 cm³/mol. The molecule has 1 aromatic carbocycles. The number of nitrogens with one attached hydrogen (secondary N) is 1. The van der Waals surface area contributed by atoms with Gasteiger partial charge in [0.15, 0.2) is 11.5 Å². The van der Waals surface area contributed by atoms with Gasteiger partial charge in [-0.15, -0.1) is 0 Å². The third kappa shape index (κ3) is 8.36. The molecular formula is C17H25N3O6S2. The first kappa shape index (κ1) is 24.1.